The van der Waals surface area contributed by atoms with E-state index in [9.17, 15) is 4.79 Å². The van der Waals surface area contributed by atoms with Crippen molar-refractivity contribution in [2.75, 3.05) is 20.3 Å². The van der Waals surface area contributed by atoms with Crippen LogP contribution < -0.4 is 19.6 Å². The molecule has 1 N–H and O–H groups in total. The first kappa shape index (κ1) is 18.3. The number of rotatable bonds is 8. The summed E-state index contributed by atoms with van der Waals surface area (Å²) in [5.41, 5.74) is 4.28. The van der Waals surface area contributed by atoms with E-state index >= 15 is 0 Å². The number of benzene rings is 2. The molecule has 0 fully saturated rings. The highest BCUT2D eigenvalue weighted by Gasteiger charge is 2.05. The lowest BCUT2D eigenvalue weighted by Crippen LogP contribution is -2.24. The molecule has 0 aliphatic rings. The lowest BCUT2D eigenvalue weighted by atomic mass is 10.2. The van der Waals surface area contributed by atoms with E-state index in [0.29, 0.717) is 23.9 Å². The van der Waals surface area contributed by atoms with E-state index in [1.807, 2.05) is 38.1 Å². The molecule has 132 valence electrons. The van der Waals surface area contributed by atoms with E-state index < -0.39 is 0 Å². The first-order chi connectivity index (χ1) is 12.1. The summed E-state index contributed by atoms with van der Waals surface area (Å²) < 4.78 is 16.1. The number of nitrogens with zero attached hydrogens (tertiary/aromatic N) is 1. The first-order valence-corrected chi connectivity index (χ1v) is 7.94. The van der Waals surface area contributed by atoms with Crippen LogP contribution in [-0.2, 0) is 4.79 Å². The van der Waals surface area contributed by atoms with Crippen LogP contribution in [0.1, 0.15) is 18.1 Å². The van der Waals surface area contributed by atoms with Crippen LogP contribution in [0.2, 0.25) is 0 Å². The van der Waals surface area contributed by atoms with Gasteiger partial charge in [0.2, 0.25) is 0 Å². The number of amides is 1. The van der Waals surface area contributed by atoms with Crippen LogP contribution >= 0.6 is 0 Å². The number of carbonyl (C=O) groups excluding carboxylic acids is 1. The van der Waals surface area contributed by atoms with Gasteiger partial charge in [-0.15, -0.1) is 0 Å². The van der Waals surface area contributed by atoms with Crippen molar-refractivity contribution < 1.29 is 19.0 Å². The van der Waals surface area contributed by atoms with Crippen molar-refractivity contribution in [1.29, 1.82) is 0 Å². The Morgan fingerprint density at radius 2 is 2.00 bits per heavy atom. The van der Waals surface area contributed by atoms with E-state index in [2.05, 4.69) is 10.5 Å². The second-order valence-corrected chi connectivity index (χ2v) is 5.24. The highest BCUT2D eigenvalue weighted by Crippen LogP contribution is 2.27. The largest absolute Gasteiger partial charge is 0.493 e. The van der Waals surface area contributed by atoms with Gasteiger partial charge in [0.25, 0.3) is 5.91 Å². The van der Waals surface area contributed by atoms with Crippen LogP contribution in [0.3, 0.4) is 0 Å². The van der Waals surface area contributed by atoms with E-state index in [1.54, 1.807) is 25.3 Å². The molecule has 2 rings (SSSR count). The Morgan fingerprint density at radius 3 is 2.72 bits per heavy atom. The minimum atomic E-state index is -0.337. The predicted octanol–water partition coefficient (Wildman–Crippen LogP) is 2.93. The van der Waals surface area contributed by atoms with Crippen molar-refractivity contribution in [2.45, 2.75) is 13.8 Å². The van der Waals surface area contributed by atoms with Crippen molar-refractivity contribution in [1.82, 2.24) is 5.43 Å². The van der Waals surface area contributed by atoms with E-state index in [1.165, 1.54) is 6.21 Å². The summed E-state index contributed by atoms with van der Waals surface area (Å²) in [4.78, 5) is 11.8. The normalized spacial score (nSPS) is 10.5. The molecule has 0 saturated heterocycles. The third-order valence-electron chi connectivity index (χ3n) is 3.25. The van der Waals surface area contributed by atoms with Crippen LogP contribution in [0.5, 0.6) is 17.2 Å². The molecular weight excluding hydrogens is 320 g/mol. The zero-order valence-electron chi connectivity index (χ0n) is 14.6. The molecular formula is C19H22N2O4. The molecule has 0 aliphatic heterocycles. The summed E-state index contributed by atoms with van der Waals surface area (Å²) in [6.07, 6.45) is 1.53. The van der Waals surface area contributed by atoms with E-state index in [-0.39, 0.29) is 12.5 Å². The molecule has 0 saturated carbocycles. The lowest BCUT2D eigenvalue weighted by molar-refractivity contribution is -0.123. The van der Waals surface area contributed by atoms with Crippen LogP contribution in [0.25, 0.3) is 0 Å². The molecule has 0 atom stereocenters. The average Bonchev–Trinajstić information content (AvgIpc) is 2.61. The van der Waals surface area contributed by atoms with Gasteiger partial charge >= 0.3 is 0 Å². The minimum absolute atomic E-state index is 0.104. The van der Waals surface area contributed by atoms with Crippen molar-refractivity contribution in [3.05, 3.63) is 53.6 Å². The Kier molecular flexibility index (Phi) is 6.83. The van der Waals surface area contributed by atoms with E-state index in [4.69, 9.17) is 14.2 Å². The number of hydrazone groups is 1. The van der Waals surface area contributed by atoms with Gasteiger partial charge in [-0.2, -0.15) is 5.10 Å². The summed E-state index contributed by atoms with van der Waals surface area (Å²) >= 11 is 0. The van der Waals surface area contributed by atoms with Gasteiger partial charge in [0.05, 0.1) is 19.9 Å². The van der Waals surface area contributed by atoms with Crippen molar-refractivity contribution in [3.8, 4) is 17.2 Å². The maximum absolute atomic E-state index is 11.8. The number of ether oxygens (including phenoxy) is 3. The summed E-state index contributed by atoms with van der Waals surface area (Å²) in [7, 11) is 1.58. The standard InChI is InChI=1S/C19H22N2O4/c1-4-24-18-11-15(8-9-17(18)23-3)12-20-21-19(22)13-25-16-7-5-6-14(2)10-16/h5-12H,4,13H2,1-3H3,(H,21,22)/b20-12+. The topological polar surface area (TPSA) is 69.2 Å². The van der Waals surface area contributed by atoms with Gasteiger partial charge in [-0.05, 0) is 55.3 Å². The minimum Gasteiger partial charge on any atom is -0.493 e. The van der Waals surface area contributed by atoms with Gasteiger partial charge in [-0.1, -0.05) is 12.1 Å². The molecule has 0 aromatic heterocycles. The van der Waals surface area contributed by atoms with Gasteiger partial charge in [0.1, 0.15) is 5.75 Å². The monoisotopic (exact) mass is 342 g/mol. The Balaban J connectivity index is 1.87. The second-order valence-electron chi connectivity index (χ2n) is 5.24. The van der Waals surface area contributed by atoms with Crippen LogP contribution in [-0.4, -0.2) is 32.4 Å². The van der Waals surface area contributed by atoms with Crippen molar-refractivity contribution in [2.24, 2.45) is 5.10 Å². The summed E-state index contributed by atoms with van der Waals surface area (Å²) in [6, 6.07) is 12.9. The van der Waals surface area contributed by atoms with Crippen molar-refractivity contribution >= 4 is 12.1 Å². The highest BCUT2D eigenvalue weighted by atomic mass is 16.5. The summed E-state index contributed by atoms with van der Waals surface area (Å²) in [5.74, 6) is 1.59. The number of aryl methyl sites for hydroxylation is 1. The zero-order chi connectivity index (χ0) is 18.1. The predicted molar refractivity (Wildman–Crippen MR) is 96.6 cm³/mol. The molecule has 0 bridgehead atoms. The molecule has 2 aromatic carbocycles. The van der Waals surface area contributed by atoms with Gasteiger partial charge in [-0.25, -0.2) is 5.43 Å². The molecule has 0 unspecified atom stereocenters. The zero-order valence-corrected chi connectivity index (χ0v) is 14.6. The molecule has 6 nitrogen and oxygen atoms in total. The molecule has 6 heteroatoms. The molecule has 0 spiro atoms. The molecule has 25 heavy (non-hydrogen) atoms. The molecule has 0 heterocycles. The van der Waals surface area contributed by atoms with Crippen LogP contribution in [0, 0.1) is 6.92 Å². The molecule has 2 aromatic rings. The Hall–Kier alpha value is -3.02. The SMILES string of the molecule is CCOc1cc(/C=N/NC(=O)COc2cccc(C)c2)ccc1OC. The number of hydrogen-bond acceptors (Lipinski definition) is 5. The summed E-state index contributed by atoms with van der Waals surface area (Å²) in [5, 5.41) is 3.93. The number of carbonyl (C=O) groups is 1. The van der Waals surface area contributed by atoms with Gasteiger partial charge < -0.3 is 14.2 Å². The van der Waals surface area contributed by atoms with Gasteiger partial charge in [-0.3, -0.25) is 4.79 Å². The highest BCUT2D eigenvalue weighted by molar-refractivity contribution is 5.83. The average molecular weight is 342 g/mol. The van der Waals surface area contributed by atoms with Gasteiger partial charge in [0.15, 0.2) is 18.1 Å². The summed E-state index contributed by atoms with van der Waals surface area (Å²) in [6.45, 7) is 4.29. The molecule has 0 radical (unpaired) electrons. The lowest BCUT2D eigenvalue weighted by Gasteiger charge is -2.09. The fourth-order valence-corrected chi connectivity index (χ4v) is 2.11. The number of nitrogens with one attached hydrogen (secondary N) is 1. The van der Waals surface area contributed by atoms with Gasteiger partial charge in [0, 0.05) is 0 Å². The second kappa shape index (κ2) is 9.32. The number of hydrogen-bond donors (Lipinski definition) is 1. The van der Waals surface area contributed by atoms with Crippen molar-refractivity contribution in [3.63, 3.8) is 0 Å². The number of methoxy groups -OCH3 is 1. The van der Waals surface area contributed by atoms with Crippen LogP contribution in [0.4, 0.5) is 0 Å². The smallest absolute Gasteiger partial charge is 0.277 e. The Labute approximate surface area is 147 Å². The third kappa shape index (κ3) is 5.84. The van der Waals surface area contributed by atoms with Crippen LogP contribution in [0.15, 0.2) is 47.6 Å². The fraction of sp³-hybridized carbons (Fsp3) is 0.263. The molecule has 0 aliphatic carbocycles. The first-order valence-electron chi connectivity index (χ1n) is 7.94. The fourth-order valence-electron chi connectivity index (χ4n) is 2.11. The maximum atomic E-state index is 11.8. The quantitative estimate of drug-likeness (QED) is 0.591. The van der Waals surface area contributed by atoms with E-state index in [0.717, 1.165) is 11.1 Å². The maximum Gasteiger partial charge on any atom is 0.277 e. The molecule has 1 amide bonds. The Morgan fingerprint density at radius 1 is 1.16 bits per heavy atom. The third-order valence-corrected chi connectivity index (χ3v) is 3.25. The Bertz CT molecular complexity index is 744.